The highest BCUT2D eigenvalue weighted by atomic mass is 14.1. The van der Waals surface area contributed by atoms with Gasteiger partial charge in [-0.3, -0.25) is 0 Å². The zero-order chi connectivity index (χ0) is 23.6. The number of rotatable bonds is 16. The lowest BCUT2D eigenvalue weighted by atomic mass is 9.96. The van der Waals surface area contributed by atoms with Crippen LogP contribution in [0.5, 0.6) is 0 Å². The molecule has 0 N–H and O–H groups in total. The lowest BCUT2D eigenvalue weighted by Gasteiger charge is -2.10. The van der Waals surface area contributed by atoms with Crippen LogP contribution in [0.4, 0.5) is 0 Å². The van der Waals surface area contributed by atoms with Gasteiger partial charge in [-0.15, -0.1) is 0 Å². The fourth-order valence-electron chi connectivity index (χ4n) is 3.44. The van der Waals surface area contributed by atoms with Crippen LogP contribution in [0, 0.1) is 5.92 Å². The van der Waals surface area contributed by atoms with Crippen LogP contribution in [0.1, 0.15) is 120 Å². The van der Waals surface area contributed by atoms with Gasteiger partial charge in [0, 0.05) is 0 Å². The second-order valence-electron chi connectivity index (χ2n) is 9.96. The van der Waals surface area contributed by atoms with Crippen molar-refractivity contribution in [1.82, 2.24) is 0 Å². The molecule has 0 saturated heterocycles. The van der Waals surface area contributed by atoms with Gasteiger partial charge in [-0.1, -0.05) is 77.3 Å². The summed E-state index contributed by atoms with van der Waals surface area (Å²) in [5, 5.41) is 0. The standard InChI is InChI=1S/C31H52/c1-25(2)15-12-18-29(7)21-13-19-27(5)16-10-11-17-28(6)20-14-22-30(8)23-24-31(9)26(3)4/h15-17,21-22,31H,3,10-14,18-20,23-24H2,1-2,4-9H3/b27-16+,28-17+,29-21+,30-22+/t31-/m0/s1. The zero-order valence-corrected chi connectivity index (χ0v) is 22.2. The van der Waals surface area contributed by atoms with E-state index in [-0.39, 0.29) is 0 Å². The third-order valence-electron chi connectivity index (χ3n) is 6.12. The molecule has 0 aromatic rings. The van der Waals surface area contributed by atoms with Crippen molar-refractivity contribution < 1.29 is 0 Å². The topological polar surface area (TPSA) is 0 Å². The monoisotopic (exact) mass is 424 g/mol. The minimum Gasteiger partial charge on any atom is -0.0999 e. The molecule has 0 saturated carbocycles. The molecule has 31 heavy (non-hydrogen) atoms. The summed E-state index contributed by atoms with van der Waals surface area (Å²) in [7, 11) is 0. The van der Waals surface area contributed by atoms with Crippen LogP contribution in [0.15, 0.2) is 70.4 Å². The van der Waals surface area contributed by atoms with Crippen LogP contribution < -0.4 is 0 Å². The Labute approximate surface area is 196 Å². The van der Waals surface area contributed by atoms with Gasteiger partial charge in [0.25, 0.3) is 0 Å². The molecule has 0 heterocycles. The van der Waals surface area contributed by atoms with Gasteiger partial charge in [0.1, 0.15) is 0 Å². The van der Waals surface area contributed by atoms with Crippen LogP contribution in [-0.2, 0) is 0 Å². The number of hydrogen-bond donors (Lipinski definition) is 0. The Bertz CT molecular complexity index is 656. The molecular weight excluding hydrogens is 372 g/mol. The maximum Gasteiger partial charge on any atom is -0.0234 e. The van der Waals surface area contributed by atoms with Crippen LogP contribution in [0.2, 0.25) is 0 Å². The highest BCUT2D eigenvalue weighted by Crippen LogP contribution is 2.19. The summed E-state index contributed by atoms with van der Waals surface area (Å²) in [5.41, 5.74) is 8.84. The highest BCUT2D eigenvalue weighted by molar-refractivity contribution is 5.07. The van der Waals surface area contributed by atoms with Crippen molar-refractivity contribution in [1.29, 1.82) is 0 Å². The molecule has 0 amide bonds. The summed E-state index contributed by atoms with van der Waals surface area (Å²) in [6.07, 6.45) is 23.9. The molecule has 1 atom stereocenters. The molecule has 0 aliphatic heterocycles. The predicted octanol–water partition coefficient (Wildman–Crippen LogP) is 10.9. The van der Waals surface area contributed by atoms with Gasteiger partial charge >= 0.3 is 0 Å². The van der Waals surface area contributed by atoms with Crippen LogP contribution in [0.25, 0.3) is 0 Å². The van der Waals surface area contributed by atoms with E-state index < -0.39 is 0 Å². The Balaban J connectivity index is 4.08. The molecular formula is C31H52. The highest BCUT2D eigenvalue weighted by Gasteiger charge is 2.02. The van der Waals surface area contributed by atoms with E-state index in [1.807, 2.05) is 0 Å². The van der Waals surface area contributed by atoms with E-state index in [4.69, 9.17) is 0 Å². The van der Waals surface area contributed by atoms with Crippen LogP contribution >= 0.6 is 0 Å². The molecule has 0 aromatic carbocycles. The van der Waals surface area contributed by atoms with Crippen molar-refractivity contribution in [3.8, 4) is 0 Å². The van der Waals surface area contributed by atoms with Gasteiger partial charge in [0.15, 0.2) is 0 Å². The van der Waals surface area contributed by atoms with Crippen LogP contribution in [0.3, 0.4) is 0 Å². The minimum absolute atomic E-state index is 0.633. The minimum atomic E-state index is 0.633. The lowest BCUT2D eigenvalue weighted by molar-refractivity contribution is 0.611. The Morgan fingerprint density at radius 2 is 0.903 bits per heavy atom. The second kappa shape index (κ2) is 18.1. The van der Waals surface area contributed by atoms with Gasteiger partial charge in [-0.25, -0.2) is 0 Å². The summed E-state index contributed by atoms with van der Waals surface area (Å²) in [6.45, 7) is 21.9. The smallest absolute Gasteiger partial charge is 0.0234 e. The maximum atomic E-state index is 4.07. The first-order valence-electron chi connectivity index (χ1n) is 12.5. The van der Waals surface area contributed by atoms with Gasteiger partial charge in [-0.2, -0.15) is 0 Å². The SMILES string of the molecule is C=C(C)[C@@H](C)CC/C(C)=C/CC/C(C)=C/CC/C=C(\C)CC/C=C(\C)CCC=C(C)C. The summed E-state index contributed by atoms with van der Waals surface area (Å²) in [4.78, 5) is 0. The zero-order valence-electron chi connectivity index (χ0n) is 22.2. The van der Waals surface area contributed by atoms with E-state index in [0.29, 0.717) is 5.92 Å². The molecule has 0 aliphatic carbocycles. The fourth-order valence-corrected chi connectivity index (χ4v) is 3.44. The van der Waals surface area contributed by atoms with E-state index in [1.165, 1.54) is 97.6 Å². The third-order valence-corrected chi connectivity index (χ3v) is 6.12. The van der Waals surface area contributed by atoms with Gasteiger partial charge < -0.3 is 0 Å². The average Bonchev–Trinajstić information content (AvgIpc) is 2.69. The van der Waals surface area contributed by atoms with E-state index in [1.54, 1.807) is 0 Å². The number of unbranched alkanes of at least 4 members (excludes halogenated alkanes) is 1. The summed E-state index contributed by atoms with van der Waals surface area (Å²) in [6, 6.07) is 0. The molecule has 0 fully saturated rings. The Morgan fingerprint density at radius 1 is 0.548 bits per heavy atom. The largest absolute Gasteiger partial charge is 0.0999 e. The van der Waals surface area contributed by atoms with Crippen molar-refractivity contribution >= 4 is 0 Å². The molecule has 0 rings (SSSR count). The molecule has 176 valence electrons. The number of hydrogen-bond acceptors (Lipinski definition) is 0. The second-order valence-corrected chi connectivity index (χ2v) is 9.96. The molecule has 0 bridgehead atoms. The number of allylic oxidation sites excluding steroid dienone is 11. The van der Waals surface area contributed by atoms with Crippen molar-refractivity contribution in [3.05, 3.63) is 70.4 Å². The third kappa shape index (κ3) is 18.9. The van der Waals surface area contributed by atoms with Crippen molar-refractivity contribution in [2.75, 3.05) is 0 Å². The molecule has 0 nitrogen and oxygen atoms in total. The van der Waals surface area contributed by atoms with Crippen molar-refractivity contribution in [2.24, 2.45) is 5.92 Å². The molecule has 0 heteroatoms. The van der Waals surface area contributed by atoms with E-state index in [9.17, 15) is 0 Å². The molecule has 0 aliphatic rings. The van der Waals surface area contributed by atoms with Gasteiger partial charge in [0.2, 0.25) is 0 Å². The Kier molecular flexibility index (Phi) is 17.1. The fraction of sp³-hybridized carbons (Fsp3) is 0.613. The Morgan fingerprint density at radius 3 is 1.29 bits per heavy atom. The summed E-state index contributed by atoms with van der Waals surface area (Å²) < 4.78 is 0. The first-order valence-corrected chi connectivity index (χ1v) is 12.5. The van der Waals surface area contributed by atoms with E-state index >= 15 is 0 Å². The first-order chi connectivity index (χ1) is 14.6. The molecule has 0 aromatic heterocycles. The first kappa shape index (κ1) is 29.4. The lowest BCUT2D eigenvalue weighted by Crippen LogP contribution is -1.95. The van der Waals surface area contributed by atoms with E-state index in [0.717, 1.165) is 0 Å². The van der Waals surface area contributed by atoms with Crippen molar-refractivity contribution in [3.63, 3.8) is 0 Å². The maximum absolute atomic E-state index is 4.07. The van der Waals surface area contributed by atoms with Crippen LogP contribution in [-0.4, -0.2) is 0 Å². The molecule has 0 spiro atoms. The Hall–Kier alpha value is -1.56. The van der Waals surface area contributed by atoms with E-state index in [2.05, 4.69) is 92.3 Å². The van der Waals surface area contributed by atoms with Gasteiger partial charge in [0.05, 0.1) is 0 Å². The summed E-state index contributed by atoms with van der Waals surface area (Å²) in [5.74, 6) is 0.633. The average molecular weight is 425 g/mol. The van der Waals surface area contributed by atoms with Crippen molar-refractivity contribution in [2.45, 2.75) is 120 Å². The predicted molar refractivity (Wildman–Crippen MR) is 145 cm³/mol. The molecule has 0 unspecified atom stereocenters. The molecule has 0 radical (unpaired) electrons. The quantitative estimate of drug-likeness (QED) is 0.171. The summed E-state index contributed by atoms with van der Waals surface area (Å²) >= 11 is 0. The normalized spacial score (nSPS) is 14.6. The van der Waals surface area contributed by atoms with Gasteiger partial charge in [-0.05, 0) is 119 Å².